The van der Waals surface area contributed by atoms with Gasteiger partial charge in [-0.15, -0.1) is 0 Å². The van der Waals surface area contributed by atoms with Gasteiger partial charge in [-0.05, 0) is 37.1 Å². The van der Waals surface area contributed by atoms with E-state index in [0.29, 0.717) is 41.8 Å². The molecule has 0 spiro atoms. The van der Waals surface area contributed by atoms with Crippen LogP contribution >= 0.6 is 11.6 Å². The first kappa shape index (κ1) is 22.1. The number of hydrogen-bond acceptors (Lipinski definition) is 6. The van der Waals surface area contributed by atoms with Crippen LogP contribution in [0.15, 0.2) is 57.7 Å². The molecule has 9 heteroatoms. The molecule has 1 atom stereocenters. The SMILES string of the molecule is O=C(CCN(CC1CCCO1)C(=O)c1cc(-c2ccccc2Cl)on1)NCc1ccco1. The molecule has 0 saturated carbocycles. The van der Waals surface area contributed by atoms with Gasteiger partial charge in [-0.2, -0.15) is 0 Å². The largest absolute Gasteiger partial charge is 0.467 e. The lowest BCUT2D eigenvalue weighted by atomic mass is 10.1. The van der Waals surface area contributed by atoms with Crippen LogP contribution in [0.25, 0.3) is 11.3 Å². The second-order valence-corrected chi connectivity index (χ2v) is 7.96. The summed E-state index contributed by atoms with van der Waals surface area (Å²) >= 11 is 6.22. The molecule has 1 unspecified atom stereocenters. The molecule has 8 nitrogen and oxygen atoms in total. The first-order valence-corrected chi connectivity index (χ1v) is 10.9. The Bertz CT molecular complexity index is 1040. The summed E-state index contributed by atoms with van der Waals surface area (Å²) in [4.78, 5) is 27.1. The third-order valence-electron chi connectivity index (χ3n) is 5.25. The Balaban J connectivity index is 1.41. The Morgan fingerprint density at radius 2 is 2.09 bits per heavy atom. The summed E-state index contributed by atoms with van der Waals surface area (Å²) in [5.74, 6) is 0.581. The average molecular weight is 458 g/mol. The smallest absolute Gasteiger partial charge is 0.276 e. The summed E-state index contributed by atoms with van der Waals surface area (Å²) in [5, 5.41) is 7.25. The molecule has 0 radical (unpaired) electrons. The van der Waals surface area contributed by atoms with Gasteiger partial charge < -0.3 is 23.9 Å². The molecule has 2 amide bonds. The Kier molecular flexibility index (Phi) is 7.24. The summed E-state index contributed by atoms with van der Waals surface area (Å²) in [6.07, 6.45) is 3.47. The predicted molar refractivity (Wildman–Crippen MR) is 117 cm³/mol. The summed E-state index contributed by atoms with van der Waals surface area (Å²) in [6.45, 7) is 1.60. The summed E-state index contributed by atoms with van der Waals surface area (Å²) in [5.41, 5.74) is 0.817. The van der Waals surface area contributed by atoms with Gasteiger partial charge in [0.05, 0.1) is 23.9 Å². The Labute approximate surface area is 190 Å². The van der Waals surface area contributed by atoms with Crippen LogP contribution in [0.2, 0.25) is 5.02 Å². The van der Waals surface area contributed by atoms with Crippen molar-refractivity contribution in [2.45, 2.75) is 31.9 Å². The fraction of sp³-hybridized carbons (Fsp3) is 0.348. The van der Waals surface area contributed by atoms with Crippen molar-refractivity contribution in [2.75, 3.05) is 19.7 Å². The maximum atomic E-state index is 13.2. The molecular formula is C23H24ClN3O5. The molecule has 1 aliphatic heterocycles. The lowest BCUT2D eigenvalue weighted by Crippen LogP contribution is -2.40. The molecule has 3 aromatic rings. The van der Waals surface area contributed by atoms with Gasteiger partial charge in [0, 0.05) is 37.7 Å². The quantitative estimate of drug-likeness (QED) is 0.523. The van der Waals surface area contributed by atoms with Crippen LogP contribution < -0.4 is 5.32 Å². The van der Waals surface area contributed by atoms with Crippen molar-refractivity contribution in [3.8, 4) is 11.3 Å². The number of halogens is 1. The first-order chi connectivity index (χ1) is 15.6. The number of ether oxygens (including phenoxy) is 1. The highest BCUT2D eigenvalue weighted by molar-refractivity contribution is 6.33. The van der Waals surface area contributed by atoms with E-state index in [-0.39, 0.29) is 36.6 Å². The summed E-state index contributed by atoms with van der Waals surface area (Å²) in [6, 6.07) is 12.3. The fourth-order valence-corrected chi connectivity index (χ4v) is 3.79. The maximum absolute atomic E-state index is 13.2. The molecule has 1 N–H and O–H groups in total. The van der Waals surface area contributed by atoms with Gasteiger partial charge in [0.15, 0.2) is 11.5 Å². The van der Waals surface area contributed by atoms with E-state index in [0.717, 1.165) is 12.8 Å². The molecule has 1 aromatic carbocycles. The number of hydrogen-bond donors (Lipinski definition) is 1. The molecule has 0 bridgehead atoms. The lowest BCUT2D eigenvalue weighted by molar-refractivity contribution is -0.121. The Morgan fingerprint density at radius 1 is 1.22 bits per heavy atom. The summed E-state index contributed by atoms with van der Waals surface area (Å²) in [7, 11) is 0. The maximum Gasteiger partial charge on any atom is 0.276 e. The fourth-order valence-electron chi connectivity index (χ4n) is 3.56. The number of carbonyl (C=O) groups is 2. The monoisotopic (exact) mass is 457 g/mol. The molecule has 3 heterocycles. The minimum atomic E-state index is -0.318. The van der Waals surface area contributed by atoms with Crippen LogP contribution in [0.5, 0.6) is 0 Å². The molecule has 1 aliphatic rings. The Hall–Kier alpha value is -3.10. The number of furan rings is 1. The van der Waals surface area contributed by atoms with Crippen molar-refractivity contribution in [1.29, 1.82) is 0 Å². The molecule has 1 saturated heterocycles. The lowest BCUT2D eigenvalue weighted by Gasteiger charge is -2.24. The normalized spacial score (nSPS) is 15.6. The van der Waals surface area contributed by atoms with Crippen molar-refractivity contribution in [1.82, 2.24) is 15.4 Å². The first-order valence-electron chi connectivity index (χ1n) is 10.5. The van der Waals surface area contributed by atoms with Gasteiger partial charge in [0.25, 0.3) is 5.91 Å². The molecule has 0 aliphatic carbocycles. The van der Waals surface area contributed by atoms with Crippen LogP contribution in [0.3, 0.4) is 0 Å². The van der Waals surface area contributed by atoms with Gasteiger partial charge >= 0.3 is 0 Å². The molecule has 2 aromatic heterocycles. The Morgan fingerprint density at radius 3 is 2.84 bits per heavy atom. The highest BCUT2D eigenvalue weighted by Gasteiger charge is 2.26. The van der Waals surface area contributed by atoms with Gasteiger partial charge in [-0.3, -0.25) is 9.59 Å². The highest BCUT2D eigenvalue weighted by atomic mass is 35.5. The van der Waals surface area contributed by atoms with Gasteiger partial charge in [-0.1, -0.05) is 28.9 Å². The number of nitrogens with one attached hydrogen (secondary N) is 1. The highest BCUT2D eigenvalue weighted by Crippen LogP contribution is 2.28. The van der Waals surface area contributed by atoms with Gasteiger partial charge in [0.2, 0.25) is 5.91 Å². The average Bonchev–Trinajstić information content (AvgIpc) is 3.58. The molecule has 4 rings (SSSR count). The number of nitrogens with zero attached hydrogens (tertiary/aromatic N) is 2. The van der Waals surface area contributed by atoms with E-state index in [2.05, 4.69) is 10.5 Å². The van der Waals surface area contributed by atoms with Gasteiger partial charge in [-0.25, -0.2) is 0 Å². The van der Waals surface area contributed by atoms with E-state index in [1.54, 1.807) is 41.5 Å². The molecule has 168 valence electrons. The molecular weight excluding hydrogens is 434 g/mol. The van der Waals surface area contributed by atoms with Crippen molar-refractivity contribution in [2.24, 2.45) is 0 Å². The van der Waals surface area contributed by atoms with Crippen molar-refractivity contribution in [3.63, 3.8) is 0 Å². The second-order valence-electron chi connectivity index (χ2n) is 7.55. The zero-order valence-electron chi connectivity index (χ0n) is 17.5. The zero-order valence-corrected chi connectivity index (χ0v) is 18.2. The van der Waals surface area contributed by atoms with Crippen molar-refractivity contribution >= 4 is 23.4 Å². The minimum absolute atomic E-state index is 0.0555. The van der Waals surface area contributed by atoms with Crippen molar-refractivity contribution < 1.29 is 23.3 Å². The van der Waals surface area contributed by atoms with Crippen LogP contribution in [-0.4, -0.2) is 47.7 Å². The number of aromatic nitrogens is 1. The molecule has 32 heavy (non-hydrogen) atoms. The third kappa shape index (κ3) is 5.57. The zero-order chi connectivity index (χ0) is 22.3. The minimum Gasteiger partial charge on any atom is -0.467 e. The van der Waals surface area contributed by atoms with E-state index in [4.69, 9.17) is 25.3 Å². The standard InChI is InChI=1S/C23H24ClN3O5/c24-19-8-2-1-7-18(19)21-13-20(26-32-21)23(29)27(15-17-6-4-12-31-17)10-9-22(28)25-14-16-5-3-11-30-16/h1-3,5,7-8,11,13,17H,4,6,9-10,12,14-15H2,(H,25,28). The van der Waals surface area contributed by atoms with Gasteiger partial charge in [0.1, 0.15) is 5.76 Å². The number of benzene rings is 1. The van der Waals surface area contributed by atoms with Crippen molar-refractivity contribution in [3.05, 3.63) is 65.2 Å². The number of amides is 2. The summed E-state index contributed by atoms with van der Waals surface area (Å²) < 4.78 is 16.3. The van der Waals surface area contributed by atoms with Crippen LogP contribution in [0.4, 0.5) is 0 Å². The number of rotatable bonds is 9. The van der Waals surface area contributed by atoms with Crippen LogP contribution in [0, 0.1) is 0 Å². The number of carbonyl (C=O) groups excluding carboxylic acids is 2. The van der Waals surface area contributed by atoms with Crippen LogP contribution in [-0.2, 0) is 16.1 Å². The van der Waals surface area contributed by atoms with E-state index < -0.39 is 0 Å². The third-order valence-corrected chi connectivity index (χ3v) is 5.58. The van der Waals surface area contributed by atoms with E-state index in [1.807, 2.05) is 12.1 Å². The van der Waals surface area contributed by atoms with E-state index in [9.17, 15) is 9.59 Å². The molecule has 1 fully saturated rings. The second kappa shape index (κ2) is 10.5. The van der Waals surface area contributed by atoms with Crippen LogP contribution in [0.1, 0.15) is 35.5 Å². The van der Waals surface area contributed by atoms with E-state index in [1.165, 1.54) is 0 Å². The topological polar surface area (TPSA) is 97.8 Å². The predicted octanol–water partition coefficient (Wildman–Crippen LogP) is 3.92. The van der Waals surface area contributed by atoms with E-state index >= 15 is 0 Å².